The van der Waals surface area contributed by atoms with Crippen LogP contribution in [0.5, 0.6) is 0 Å². The minimum Gasteiger partial charge on any atom is -0.302 e. The standard InChI is InChI=1S/C9H10F2N2O/c1-13-3-2-7(12-8(13)14)6-4-9(10,11)5-6/h2-3,6H,4-5H2,1H3. The Labute approximate surface area is 79.4 Å². The molecule has 1 fully saturated rings. The fourth-order valence-electron chi connectivity index (χ4n) is 1.58. The van der Waals surface area contributed by atoms with Crippen molar-refractivity contribution < 1.29 is 8.78 Å². The zero-order chi connectivity index (χ0) is 10.3. The Morgan fingerprint density at radius 2 is 2.21 bits per heavy atom. The van der Waals surface area contributed by atoms with Gasteiger partial charge >= 0.3 is 5.69 Å². The molecule has 76 valence electrons. The van der Waals surface area contributed by atoms with Crippen molar-refractivity contribution in [1.29, 1.82) is 0 Å². The maximum absolute atomic E-state index is 12.5. The van der Waals surface area contributed by atoms with Crippen LogP contribution in [-0.4, -0.2) is 15.5 Å². The molecule has 0 aromatic carbocycles. The maximum atomic E-state index is 12.5. The molecule has 14 heavy (non-hydrogen) atoms. The van der Waals surface area contributed by atoms with Crippen LogP contribution < -0.4 is 5.69 Å². The Hall–Kier alpha value is -1.26. The Morgan fingerprint density at radius 3 is 2.71 bits per heavy atom. The van der Waals surface area contributed by atoms with Gasteiger partial charge in [0.25, 0.3) is 0 Å². The highest BCUT2D eigenvalue weighted by molar-refractivity contribution is 5.13. The summed E-state index contributed by atoms with van der Waals surface area (Å²) in [5.74, 6) is -2.81. The molecular formula is C9H10F2N2O. The molecule has 0 saturated heterocycles. The molecule has 2 rings (SSSR count). The minimum absolute atomic E-state index is 0.187. The van der Waals surface area contributed by atoms with Gasteiger partial charge < -0.3 is 4.57 Å². The number of aryl methyl sites for hydroxylation is 1. The smallest absolute Gasteiger partial charge is 0.302 e. The lowest BCUT2D eigenvalue weighted by Gasteiger charge is -2.34. The highest BCUT2D eigenvalue weighted by Gasteiger charge is 2.46. The van der Waals surface area contributed by atoms with Gasteiger partial charge in [0.05, 0.1) is 5.69 Å². The largest absolute Gasteiger partial charge is 0.347 e. The number of hydrogen-bond donors (Lipinski definition) is 0. The summed E-state index contributed by atoms with van der Waals surface area (Å²) in [7, 11) is 1.58. The molecule has 0 N–H and O–H groups in total. The summed E-state index contributed by atoms with van der Waals surface area (Å²) in [5, 5.41) is 0. The zero-order valence-electron chi connectivity index (χ0n) is 7.70. The van der Waals surface area contributed by atoms with Gasteiger partial charge in [-0.05, 0) is 6.07 Å². The van der Waals surface area contributed by atoms with E-state index in [1.807, 2.05) is 0 Å². The molecule has 3 nitrogen and oxygen atoms in total. The van der Waals surface area contributed by atoms with E-state index in [9.17, 15) is 13.6 Å². The van der Waals surface area contributed by atoms with Crippen LogP contribution in [0.4, 0.5) is 8.78 Å². The second-order valence-corrected chi connectivity index (χ2v) is 3.71. The van der Waals surface area contributed by atoms with E-state index in [1.54, 1.807) is 19.3 Å². The lowest BCUT2D eigenvalue weighted by molar-refractivity contribution is -0.0876. The van der Waals surface area contributed by atoms with Gasteiger partial charge in [-0.15, -0.1) is 0 Å². The van der Waals surface area contributed by atoms with Crippen molar-refractivity contribution in [3.63, 3.8) is 0 Å². The predicted molar refractivity (Wildman–Crippen MR) is 46.4 cm³/mol. The highest BCUT2D eigenvalue weighted by atomic mass is 19.3. The topological polar surface area (TPSA) is 34.9 Å². The number of rotatable bonds is 1. The fraction of sp³-hybridized carbons (Fsp3) is 0.556. The van der Waals surface area contributed by atoms with Gasteiger partial charge in [0.15, 0.2) is 0 Å². The van der Waals surface area contributed by atoms with E-state index in [0.29, 0.717) is 5.69 Å². The summed E-state index contributed by atoms with van der Waals surface area (Å²) in [5.41, 5.74) is 0.0942. The summed E-state index contributed by atoms with van der Waals surface area (Å²) < 4.78 is 26.4. The van der Waals surface area contributed by atoms with E-state index in [0.717, 1.165) is 0 Å². The fourth-order valence-corrected chi connectivity index (χ4v) is 1.58. The average Bonchev–Trinajstić information content (AvgIpc) is 2.06. The molecule has 1 aromatic heterocycles. The van der Waals surface area contributed by atoms with E-state index < -0.39 is 11.6 Å². The Kier molecular flexibility index (Phi) is 1.90. The minimum atomic E-state index is -2.56. The summed E-state index contributed by atoms with van der Waals surface area (Å²) in [4.78, 5) is 14.8. The quantitative estimate of drug-likeness (QED) is 0.684. The molecule has 5 heteroatoms. The van der Waals surface area contributed by atoms with Crippen molar-refractivity contribution in [1.82, 2.24) is 9.55 Å². The van der Waals surface area contributed by atoms with Gasteiger partial charge in [0.1, 0.15) is 0 Å². The second kappa shape index (κ2) is 2.87. The van der Waals surface area contributed by atoms with Crippen molar-refractivity contribution in [3.05, 3.63) is 28.4 Å². The zero-order valence-corrected chi connectivity index (χ0v) is 7.70. The predicted octanol–water partition coefficient (Wildman–Crippen LogP) is 1.29. The van der Waals surface area contributed by atoms with Gasteiger partial charge in [-0.25, -0.2) is 13.6 Å². The van der Waals surface area contributed by atoms with Crippen molar-refractivity contribution in [2.45, 2.75) is 24.7 Å². The third kappa shape index (κ3) is 1.54. The Bertz CT molecular complexity index is 406. The summed E-state index contributed by atoms with van der Waals surface area (Å²) in [6.45, 7) is 0. The first-order valence-corrected chi connectivity index (χ1v) is 4.39. The van der Waals surface area contributed by atoms with Crippen molar-refractivity contribution in [2.75, 3.05) is 0 Å². The normalized spacial score (nSPS) is 20.5. The van der Waals surface area contributed by atoms with Crippen LogP contribution in [-0.2, 0) is 7.05 Å². The average molecular weight is 200 g/mol. The summed E-state index contributed by atoms with van der Waals surface area (Å²) in [6, 6.07) is 1.63. The maximum Gasteiger partial charge on any atom is 0.347 e. The first kappa shape index (κ1) is 9.30. The monoisotopic (exact) mass is 200 g/mol. The van der Waals surface area contributed by atoms with Crippen LogP contribution in [0.25, 0.3) is 0 Å². The lowest BCUT2D eigenvalue weighted by Crippen LogP contribution is -2.35. The van der Waals surface area contributed by atoms with Gasteiger partial charge in [-0.3, -0.25) is 0 Å². The summed E-state index contributed by atoms with van der Waals surface area (Å²) in [6.07, 6.45) is 1.18. The molecule has 1 heterocycles. The number of hydrogen-bond acceptors (Lipinski definition) is 2. The van der Waals surface area contributed by atoms with Crippen LogP contribution in [0.15, 0.2) is 17.1 Å². The first-order valence-electron chi connectivity index (χ1n) is 4.39. The molecule has 0 spiro atoms. The lowest BCUT2D eigenvalue weighted by atomic mass is 9.79. The molecule has 0 amide bonds. The number of alkyl halides is 2. The molecule has 1 aromatic rings. The molecule has 0 bridgehead atoms. The second-order valence-electron chi connectivity index (χ2n) is 3.71. The highest BCUT2D eigenvalue weighted by Crippen LogP contribution is 2.47. The van der Waals surface area contributed by atoms with Gasteiger partial charge in [0, 0.05) is 32.0 Å². The van der Waals surface area contributed by atoms with Crippen LogP contribution in [0.2, 0.25) is 0 Å². The van der Waals surface area contributed by atoms with E-state index in [-0.39, 0.29) is 18.8 Å². The van der Waals surface area contributed by atoms with Gasteiger partial charge in [-0.1, -0.05) is 0 Å². The van der Waals surface area contributed by atoms with Crippen LogP contribution in [0.1, 0.15) is 24.5 Å². The Balaban J connectivity index is 2.20. The van der Waals surface area contributed by atoms with Crippen LogP contribution in [0.3, 0.4) is 0 Å². The van der Waals surface area contributed by atoms with E-state index in [1.165, 1.54) is 4.57 Å². The molecule has 1 aliphatic rings. The summed E-state index contributed by atoms with van der Waals surface area (Å²) >= 11 is 0. The Morgan fingerprint density at radius 1 is 1.57 bits per heavy atom. The number of aromatic nitrogens is 2. The van der Waals surface area contributed by atoms with E-state index in [4.69, 9.17) is 0 Å². The van der Waals surface area contributed by atoms with E-state index >= 15 is 0 Å². The SMILES string of the molecule is Cn1ccc(C2CC(F)(F)C2)nc1=O. The molecule has 0 atom stereocenters. The third-order valence-corrected chi connectivity index (χ3v) is 2.50. The molecular weight excluding hydrogens is 190 g/mol. The molecule has 1 saturated carbocycles. The van der Waals surface area contributed by atoms with Crippen molar-refractivity contribution >= 4 is 0 Å². The molecule has 0 aliphatic heterocycles. The number of halogens is 2. The van der Waals surface area contributed by atoms with Crippen LogP contribution in [0, 0.1) is 0 Å². The first-order chi connectivity index (χ1) is 6.48. The van der Waals surface area contributed by atoms with Gasteiger partial charge in [0.2, 0.25) is 5.92 Å². The van der Waals surface area contributed by atoms with E-state index in [2.05, 4.69) is 4.98 Å². The number of nitrogens with zero attached hydrogens (tertiary/aromatic N) is 2. The van der Waals surface area contributed by atoms with Crippen molar-refractivity contribution in [3.8, 4) is 0 Å². The molecule has 1 aliphatic carbocycles. The molecule has 0 radical (unpaired) electrons. The third-order valence-electron chi connectivity index (χ3n) is 2.50. The van der Waals surface area contributed by atoms with Crippen LogP contribution >= 0.6 is 0 Å². The molecule has 0 unspecified atom stereocenters. The van der Waals surface area contributed by atoms with Crippen molar-refractivity contribution in [2.24, 2.45) is 7.05 Å². The van der Waals surface area contributed by atoms with Gasteiger partial charge in [-0.2, -0.15) is 4.98 Å².